The Morgan fingerprint density at radius 3 is 2.77 bits per heavy atom. The second-order valence-electron chi connectivity index (χ2n) is 2.58. The third-order valence-electron chi connectivity index (χ3n) is 1.62. The zero-order valence-electron chi connectivity index (χ0n) is 7.40. The Bertz CT molecular complexity index is 345. The molecule has 1 rings (SSSR count). The summed E-state index contributed by atoms with van der Waals surface area (Å²) in [6.07, 6.45) is 3.21. The van der Waals surface area contributed by atoms with Crippen LogP contribution in [0.1, 0.15) is 18.5 Å². The third kappa shape index (κ3) is 2.79. The highest BCUT2D eigenvalue weighted by Crippen LogP contribution is 2.09. The van der Waals surface area contributed by atoms with Crippen LogP contribution in [-0.2, 0) is 10.2 Å². The largest absolute Gasteiger partial charge is 0.285 e. The van der Waals surface area contributed by atoms with Gasteiger partial charge in [0.2, 0.25) is 0 Å². The van der Waals surface area contributed by atoms with Gasteiger partial charge in [0, 0.05) is 24.8 Å². The molecular weight excluding hydrogens is 192 g/mol. The highest BCUT2D eigenvalue weighted by atomic mass is 32.2. The highest BCUT2D eigenvalue weighted by molar-refractivity contribution is 7.87. The van der Waals surface area contributed by atoms with Gasteiger partial charge in [0.1, 0.15) is 0 Å². The maximum Gasteiger partial charge on any atom is 0.277 e. The van der Waals surface area contributed by atoms with E-state index in [2.05, 4.69) is 19.6 Å². The molecule has 3 N–H and O–H groups in total. The van der Waals surface area contributed by atoms with Crippen molar-refractivity contribution in [1.29, 1.82) is 0 Å². The standard InChI is InChI=1S/C6H12N4O2S/c1-5(6-3-8-9-4-6)10-13(11,12)7-2/h3-5,7,10H,1-2H3,(H,8,9). The molecule has 0 fully saturated rings. The molecule has 1 aromatic heterocycles. The normalized spacial score (nSPS) is 14.3. The van der Waals surface area contributed by atoms with Crippen LogP contribution in [0.15, 0.2) is 12.4 Å². The maximum absolute atomic E-state index is 11.1. The quantitative estimate of drug-likeness (QED) is 0.619. The van der Waals surface area contributed by atoms with Gasteiger partial charge in [-0.15, -0.1) is 0 Å². The van der Waals surface area contributed by atoms with Crippen molar-refractivity contribution in [3.8, 4) is 0 Å². The Morgan fingerprint density at radius 2 is 2.31 bits per heavy atom. The minimum absolute atomic E-state index is 0.295. The molecule has 0 spiro atoms. The van der Waals surface area contributed by atoms with Crippen molar-refractivity contribution in [1.82, 2.24) is 19.6 Å². The van der Waals surface area contributed by atoms with Crippen LogP contribution >= 0.6 is 0 Å². The van der Waals surface area contributed by atoms with Crippen LogP contribution in [0.4, 0.5) is 0 Å². The number of hydrogen-bond acceptors (Lipinski definition) is 3. The van der Waals surface area contributed by atoms with Gasteiger partial charge < -0.3 is 0 Å². The summed E-state index contributed by atoms with van der Waals surface area (Å²) in [6.45, 7) is 1.74. The van der Waals surface area contributed by atoms with Crippen molar-refractivity contribution in [2.45, 2.75) is 13.0 Å². The van der Waals surface area contributed by atoms with E-state index >= 15 is 0 Å². The number of rotatable bonds is 4. The van der Waals surface area contributed by atoms with E-state index in [4.69, 9.17) is 0 Å². The summed E-state index contributed by atoms with van der Waals surface area (Å²) < 4.78 is 26.7. The maximum atomic E-state index is 11.1. The second-order valence-corrected chi connectivity index (χ2v) is 4.23. The smallest absolute Gasteiger partial charge is 0.277 e. The van der Waals surface area contributed by atoms with E-state index < -0.39 is 10.2 Å². The van der Waals surface area contributed by atoms with Gasteiger partial charge in [-0.2, -0.15) is 18.2 Å². The Kier molecular flexibility index (Phi) is 3.02. The van der Waals surface area contributed by atoms with Crippen molar-refractivity contribution in [3.05, 3.63) is 18.0 Å². The average Bonchev–Trinajstić information content (AvgIpc) is 2.55. The number of hydrogen-bond donors (Lipinski definition) is 3. The van der Waals surface area contributed by atoms with Gasteiger partial charge >= 0.3 is 0 Å². The topological polar surface area (TPSA) is 86.9 Å². The number of aromatic nitrogens is 2. The molecule has 0 aliphatic heterocycles. The second kappa shape index (κ2) is 3.86. The number of nitrogens with zero attached hydrogens (tertiary/aromatic N) is 1. The van der Waals surface area contributed by atoms with Gasteiger partial charge in [-0.25, -0.2) is 4.72 Å². The molecule has 6 nitrogen and oxygen atoms in total. The van der Waals surface area contributed by atoms with Gasteiger partial charge in [-0.05, 0) is 6.92 Å². The summed E-state index contributed by atoms with van der Waals surface area (Å²) in [7, 11) is -2.03. The lowest BCUT2D eigenvalue weighted by Gasteiger charge is -2.10. The van der Waals surface area contributed by atoms with Crippen LogP contribution < -0.4 is 9.44 Å². The molecule has 0 aromatic carbocycles. The van der Waals surface area contributed by atoms with Crippen molar-refractivity contribution >= 4 is 10.2 Å². The Morgan fingerprint density at radius 1 is 1.62 bits per heavy atom. The fraction of sp³-hybridized carbons (Fsp3) is 0.500. The van der Waals surface area contributed by atoms with Crippen LogP contribution in [-0.4, -0.2) is 25.7 Å². The average molecular weight is 204 g/mol. The molecule has 1 heterocycles. The van der Waals surface area contributed by atoms with Crippen LogP contribution in [0, 0.1) is 0 Å². The van der Waals surface area contributed by atoms with Crippen molar-refractivity contribution in [2.75, 3.05) is 7.05 Å². The summed E-state index contributed by atoms with van der Waals surface area (Å²) >= 11 is 0. The number of aromatic amines is 1. The third-order valence-corrected chi connectivity index (χ3v) is 2.82. The van der Waals surface area contributed by atoms with E-state index in [1.807, 2.05) is 0 Å². The van der Waals surface area contributed by atoms with Gasteiger partial charge in [0.15, 0.2) is 0 Å². The van der Waals surface area contributed by atoms with E-state index in [0.29, 0.717) is 0 Å². The van der Waals surface area contributed by atoms with Gasteiger partial charge in [0.05, 0.1) is 6.20 Å². The van der Waals surface area contributed by atoms with Gasteiger partial charge in [-0.1, -0.05) is 0 Å². The molecule has 0 bridgehead atoms. The summed E-state index contributed by atoms with van der Waals surface area (Å²) in [5.41, 5.74) is 0.791. The lowest BCUT2D eigenvalue weighted by Crippen LogP contribution is -2.35. The van der Waals surface area contributed by atoms with E-state index in [0.717, 1.165) is 5.56 Å². The summed E-state index contributed by atoms with van der Waals surface area (Å²) in [4.78, 5) is 0. The lowest BCUT2D eigenvalue weighted by molar-refractivity contribution is 0.558. The molecule has 0 aliphatic rings. The molecule has 0 saturated heterocycles. The Hall–Kier alpha value is -0.920. The van der Waals surface area contributed by atoms with Crippen molar-refractivity contribution in [2.24, 2.45) is 0 Å². The van der Waals surface area contributed by atoms with E-state index in [-0.39, 0.29) is 6.04 Å². The van der Waals surface area contributed by atoms with E-state index in [9.17, 15) is 8.42 Å². The van der Waals surface area contributed by atoms with Crippen LogP contribution in [0.5, 0.6) is 0 Å². The fourth-order valence-electron chi connectivity index (χ4n) is 0.857. The Labute approximate surface area is 76.9 Å². The molecule has 13 heavy (non-hydrogen) atoms. The van der Waals surface area contributed by atoms with Crippen LogP contribution in [0.2, 0.25) is 0 Å². The van der Waals surface area contributed by atoms with Crippen molar-refractivity contribution < 1.29 is 8.42 Å². The molecule has 0 amide bonds. The van der Waals surface area contributed by atoms with Crippen LogP contribution in [0.3, 0.4) is 0 Å². The molecule has 0 aliphatic carbocycles. The molecule has 1 atom stereocenters. The predicted octanol–water partition coefficient (Wildman–Crippen LogP) is -0.476. The molecule has 7 heteroatoms. The first-order valence-electron chi connectivity index (χ1n) is 3.74. The molecular formula is C6H12N4O2S. The highest BCUT2D eigenvalue weighted by Gasteiger charge is 2.13. The fourth-order valence-corrected chi connectivity index (χ4v) is 1.58. The van der Waals surface area contributed by atoms with Gasteiger partial charge in [0.25, 0.3) is 10.2 Å². The Balaban J connectivity index is 2.67. The SMILES string of the molecule is CNS(=O)(=O)NC(C)c1cn[nH]c1. The van der Waals surface area contributed by atoms with E-state index in [1.54, 1.807) is 19.3 Å². The predicted molar refractivity (Wildman–Crippen MR) is 48.1 cm³/mol. The summed E-state index contributed by atoms with van der Waals surface area (Å²) in [5, 5.41) is 6.33. The van der Waals surface area contributed by atoms with Gasteiger partial charge in [-0.3, -0.25) is 5.10 Å². The number of nitrogens with one attached hydrogen (secondary N) is 3. The molecule has 0 saturated carbocycles. The molecule has 74 valence electrons. The summed E-state index contributed by atoms with van der Waals surface area (Å²) in [6, 6.07) is -0.295. The first kappa shape index (κ1) is 10.2. The molecule has 1 unspecified atom stereocenters. The monoisotopic (exact) mass is 204 g/mol. The number of H-pyrrole nitrogens is 1. The first-order chi connectivity index (χ1) is 6.05. The van der Waals surface area contributed by atoms with E-state index in [1.165, 1.54) is 7.05 Å². The first-order valence-corrected chi connectivity index (χ1v) is 5.23. The minimum Gasteiger partial charge on any atom is -0.285 e. The molecule has 0 radical (unpaired) electrons. The lowest BCUT2D eigenvalue weighted by atomic mass is 10.2. The van der Waals surface area contributed by atoms with Crippen molar-refractivity contribution in [3.63, 3.8) is 0 Å². The molecule has 1 aromatic rings. The minimum atomic E-state index is -3.39. The van der Waals surface area contributed by atoms with Crippen LogP contribution in [0.25, 0.3) is 0 Å². The zero-order valence-corrected chi connectivity index (χ0v) is 8.22. The summed E-state index contributed by atoms with van der Waals surface area (Å²) in [5.74, 6) is 0. The zero-order chi connectivity index (χ0) is 9.90.